The molecule has 5 heteroatoms. The first kappa shape index (κ1) is 12.4. The van der Waals surface area contributed by atoms with Crippen molar-refractivity contribution in [1.82, 2.24) is 0 Å². The Morgan fingerprint density at radius 3 is 2.94 bits per heavy atom. The van der Waals surface area contributed by atoms with Crippen molar-refractivity contribution in [3.63, 3.8) is 0 Å². The van der Waals surface area contributed by atoms with Gasteiger partial charge >= 0.3 is 0 Å². The van der Waals surface area contributed by atoms with Crippen molar-refractivity contribution in [2.75, 3.05) is 11.9 Å². The Kier molecular flexibility index (Phi) is 4.72. The smallest absolute Gasteiger partial charge is 0.231 e. The summed E-state index contributed by atoms with van der Waals surface area (Å²) in [5.41, 5.74) is 5.94. The fourth-order valence-electron chi connectivity index (χ4n) is 1.19. The predicted molar refractivity (Wildman–Crippen MR) is 67.6 cm³/mol. The van der Waals surface area contributed by atoms with Crippen molar-refractivity contribution < 1.29 is 9.53 Å². The molecule has 1 aromatic carbocycles. The first-order valence-electron chi connectivity index (χ1n) is 4.93. The van der Waals surface area contributed by atoms with Crippen LogP contribution >= 0.6 is 12.2 Å². The molecule has 0 aromatic heterocycles. The quantitative estimate of drug-likeness (QED) is 0.766. The summed E-state index contributed by atoms with van der Waals surface area (Å²) < 4.78 is 5.31. The van der Waals surface area contributed by atoms with Crippen LogP contribution in [-0.4, -0.2) is 17.5 Å². The Labute approximate surface area is 99.8 Å². The molecule has 0 radical (unpaired) electrons. The molecule has 0 heterocycles. The zero-order chi connectivity index (χ0) is 12.0. The highest BCUT2D eigenvalue weighted by atomic mass is 32.1. The highest BCUT2D eigenvalue weighted by Gasteiger charge is 2.04. The molecule has 86 valence electrons. The van der Waals surface area contributed by atoms with Gasteiger partial charge in [0.1, 0.15) is 5.75 Å². The van der Waals surface area contributed by atoms with E-state index in [9.17, 15) is 4.79 Å². The van der Waals surface area contributed by atoms with E-state index >= 15 is 0 Å². The Bertz CT molecular complexity index is 393. The minimum atomic E-state index is -0.221. The third-order valence-corrected chi connectivity index (χ3v) is 1.91. The van der Waals surface area contributed by atoms with Crippen molar-refractivity contribution in [3.8, 4) is 5.75 Å². The molecule has 0 unspecified atom stereocenters. The molecule has 0 fully saturated rings. The maximum absolute atomic E-state index is 11.4. The van der Waals surface area contributed by atoms with Crippen molar-refractivity contribution >= 4 is 28.8 Å². The van der Waals surface area contributed by atoms with Crippen LogP contribution in [0.5, 0.6) is 5.75 Å². The Hall–Kier alpha value is -1.62. The van der Waals surface area contributed by atoms with Gasteiger partial charge in [0.15, 0.2) is 0 Å². The van der Waals surface area contributed by atoms with E-state index in [4.69, 9.17) is 10.5 Å². The lowest BCUT2D eigenvalue weighted by molar-refractivity contribution is -0.115. The number of anilines is 1. The largest absolute Gasteiger partial charge is 0.494 e. The number of hydrogen-bond acceptors (Lipinski definition) is 3. The summed E-state index contributed by atoms with van der Waals surface area (Å²) in [5, 5.41) is 2.69. The molecule has 1 aromatic rings. The van der Waals surface area contributed by atoms with Crippen LogP contribution in [0, 0.1) is 0 Å². The van der Waals surface area contributed by atoms with Crippen LogP contribution in [0.3, 0.4) is 0 Å². The number of nitrogens with two attached hydrogens (primary N) is 1. The number of rotatable bonds is 5. The summed E-state index contributed by atoms with van der Waals surface area (Å²) >= 11 is 4.65. The van der Waals surface area contributed by atoms with Crippen LogP contribution in [0.4, 0.5) is 5.69 Å². The Morgan fingerprint density at radius 2 is 2.31 bits per heavy atom. The first-order valence-corrected chi connectivity index (χ1v) is 5.33. The van der Waals surface area contributed by atoms with Gasteiger partial charge < -0.3 is 15.8 Å². The second kappa shape index (κ2) is 6.07. The van der Waals surface area contributed by atoms with E-state index in [0.29, 0.717) is 12.3 Å². The van der Waals surface area contributed by atoms with E-state index in [2.05, 4.69) is 17.5 Å². The van der Waals surface area contributed by atoms with Gasteiger partial charge in [-0.3, -0.25) is 4.79 Å². The lowest BCUT2D eigenvalue weighted by Crippen LogP contribution is -2.20. The summed E-state index contributed by atoms with van der Waals surface area (Å²) in [5.74, 6) is 0.497. The molecule has 0 aliphatic heterocycles. The maximum atomic E-state index is 11.4. The molecule has 0 saturated carbocycles. The summed E-state index contributed by atoms with van der Waals surface area (Å²) in [4.78, 5) is 11.6. The molecule has 0 bridgehead atoms. The van der Waals surface area contributed by atoms with Gasteiger partial charge in [-0.05, 0) is 19.1 Å². The van der Waals surface area contributed by atoms with Crippen LogP contribution in [0.2, 0.25) is 0 Å². The van der Waals surface area contributed by atoms with E-state index in [1.54, 1.807) is 18.2 Å². The topological polar surface area (TPSA) is 64.3 Å². The summed E-state index contributed by atoms with van der Waals surface area (Å²) in [6.45, 7) is 2.49. The van der Waals surface area contributed by atoms with E-state index < -0.39 is 0 Å². The van der Waals surface area contributed by atoms with Crippen LogP contribution in [0.1, 0.15) is 13.3 Å². The van der Waals surface area contributed by atoms with Crippen LogP contribution in [0.15, 0.2) is 24.3 Å². The fraction of sp³-hybridized carbons (Fsp3) is 0.273. The molecular formula is C11H14N2O2S. The molecule has 0 aliphatic rings. The Morgan fingerprint density at radius 1 is 1.56 bits per heavy atom. The van der Waals surface area contributed by atoms with Gasteiger partial charge in [-0.25, -0.2) is 0 Å². The highest BCUT2D eigenvalue weighted by Crippen LogP contribution is 2.17. The monoisotopic (exact) mass is 238 g/mol. The van der Waals surface area contributed by atoms with Gasteiger partial charge in [-0.2, -0.15) is 0 Å². The van der Waals surface area contributed by atoms with Gasteiger partial charge in [0, 0.05) is 11.8 Å². The molecule has 0 atom stereocenters. The number of amides is 1. The standard InChI is InChI=1S/C11H14N2O2S/c1-2-15-9-5-3-4-8(6-9)13-11(14)7-10(12)16/h3-6H,2,7H2,1H3,(H2,12,16)(H,13,14). The van der Waals surface area contributed by atoms with Crippen molar-refractivity contribution in [2.24, 2.45) is 5.73 Å². The zero-order valence-electron chi connectivity index (χ0n) is 9.03. The molecule has 0 aliphatic carbocycles. The number of thiocarbonyl (C=S) groups is 1. The third-order valence-electron chi connectivity index (χ3n) is 1.76. The van der Waals surface area contributed by atoms with Gasteiger partial charge in [-0.15, -0.1) is 0 Å². The van der Waals surface area contributed by atoms with Crippen LogP contribution < -0.4 is 15.8 Å². The van der Waals surface area contributed by atoms with Crippen LogP contribution in [0.25, 0.3) is 0 Å². The first-order chi connectivity index (χ1) is 7.61. The minimum absolute atomic E-state index is 0.0498. The second-order valence-corrected chi connectivity index (χ2v) is 3.68. The van der Waals surface area contributed by atoms with E-state index in [0.717, 1.165) is 5.75 Å². The van der Waals surface area contributed by atoms with E-state index in [1.165, 1.54) is 0 Å². The highest BCUT2D eigenvalue weighted by molar-refractivity contribution is 7.80. The normalized spacial score (nSPS) is 9.56. The predicted octanol–water partition coefficient (Wildman–Crippen LogP) is 1.70. The average molecular weight is 238 g/mol. The number of ether oxygens (including phenoxy) is 1. The number of carbonyl (C=O) groups is 1. The molecule has 0 saturated heterocycles. The van der Waals surface area contributed by atoms with Gasteiger partial charge in [0.05, 0.1) is 18.0 Å². The number of nitrogens with one attached hydrogen (secondary N) is 1. The fourth-order valence-corrected chi connectivity index (χ4v) is 1.32. The zero-order valence-corrected chi connectivity index (χ0v) is 9.84. The third kappa shape index (κ3) is 4.27. The van der Waals surface area contributed by atoms with Crippen LogP contribution in [-0.2, 0) is 4.79 Å². The van der Waals surface area contributed by atoms with E-state index in [-0.39, 0.29) is 17.3 Å². The summed E-state index contributed by atoms with van der Waals surface area (Å²) in [6.07, 6.45) is 0.0498. The summed E-state index contributed by atoms with van der Waals surface area (Å²) in [7, 11) is 0. The molecule has 3 N–H and O–H groups in total. The average Bonchev–Trinajstić information content (AvgIpc) is 2.17. The SMILES string of the molecule is CCOc1cccc(NC(=O)CC(N)=S)c1. The number of hydrogen-bond donors (Lipinski definition) is 2. The lowest BCUT2D eigenvalue weighted by Gasteiger charge is -2.07. The second-order valence-electron chi connectivity index (χ2n) is 3.15. The Balaban J connectivity index is 2.62. The number of benzene rings is 1. The van der Waals surface area contributed by atoms with Crippen molar-refractivity contribution in [2.45, 2.75) is 13.3 Å². The minimum Gasteiger partial charge on any atom is -0.494 e. The molecule has 0 spiro atoms. The van der Waals surface area contributed by atoms with Gasteiger partial charge in [0.2, 0.25) is 5.91 Å². The van der Waals surface area contributed by atoms with Gasteiger partial charge in [-0.1, -0.05) is 18.3 Å². The lowest BCUT2D eigenvalue weighted by atomic mass is 10.3. The van der Waals surface area contributed by atoms with E-state index in [1.807, 2.05) is 13.0 Å². The molecule has 1 amide bonds. The van der Waals surface area contributed by atoms with Crippen molar-refractivity contribution in [1.29, 1.82) is 0 Å². The summed E-state index contributed by atoms with van der Waals surface area (Å²) in [6, 6.07) is 7.16. The number of carbonyl (C=O) groups excluding carboxylic acids is 1. The molecule has 16 heavy (non-hydrogen) atoms. The maximum Gasteiger partial charge on any atom is 0.231 e. The molecular weight excluding hydrogens is 224 g/mol. The molecule has 4 nitrogen and oxygen atoms in total. The molecule has 1 rings (SSSR count). The van der Waals surface area contributed by atoms with Crippen molar-refractivity contribution in [3.05, 3.63) is 24.3 Å². The van der Waals surface area contributed by atoms with Gasteiger partial charge in [0.25, 0.3) is 0 Å².